The lowest BCUT2D eigenvalue weighted by Gasteiger charge is -2.13. The van der Waals surface area contributed by atoms with Crippen LogP contribution in [0.2, 0.25) is 0 Å². The Morgan fingerprint density at radius 3 is 2.48 bits per heavy atom. The Morgan fingerprint density at radius 1 is 1.17 bits per heavy atom. The van der Waals surface area contributed by atoms with Crippen molar-refractivity contribution >= 4 is 23.1 Å². The van der Waals surface area contributed by atoms with Crippen LogP contribution in [0.4, 0.5) is 17.2 Å². The maximum Gasteiger partial charge on any atom is 0.274 e. The SMILES string of the molecule is CC(C)CNc1cc(C(=O)Nc2ccc(N(C)C)cc2)ncn1. The Hall–Kier alpha value is -2.63. The molecule has 0 atom stereocenters. The summed E-state index contributed by atoms with van der Waals surface area (Å²) in [6, 6.07) is 9.29. The van der Waals surface area contributed by atoms with Crippen LogP contribution >= 0.6 is 0 Å². The van der Waals surface area contributed by atoms with Crippen LogP contribution in [0.1, 0.15) is 24.3 Å². The number of hydrogen-bond acceptors (Lipinski definition) is 5. The smallest absolute Gasteiger partial charge is 0.274 e. The molecule has 0 fully saturated rings. The molecule has 0 aliphatic rings. The summed E-state index contributed by atoms with van der Waals surface area (Å²) in [5.41, 5.74) is 2.14. The normalized spacial score (nSPS) is 10.5. The van der Waals surface area contributed by atoms with Crippen LogP contribution in [-0.4, -0.2) is 36.5 Å². The summed E-state index contributed by atoms with van der Waals surface area (Å²) >= 11 is 0. The number of hydrogen-bond donors (Lipinski definition) is 2. The number of carbonyl (C=O) groups is 1. The zero-order valence-corrected chi connectivity index (χ0v) is 14.0. The van der Waals surface area contributed by atoms with Gasteiger partial charge in [-0.05, 0) is 30.2 Å². The Labute approximate surface area is 137 Å². The monoisotopic (exact) mass is 313 g/mol. The van der Waals surface area contributed by atoms with Gasteiger partial charge in [-0.1, -0.05) is 13.8 Å². The Balaban J connectivity index is 2.04. The van der Waals surface area contributed by atoms with Crippen LogP contribution < -0.4 is 15.5 Å². The standard InChI is InChI=1S/C17H23N5O/c1-12(2)10-18-16-9-15(19-11-20-16)17(23)21-13-5-7-14(8-6-13)22(3)4/h5-9,11-12H,10H2,1-4H3,(H,21,23)(H,18,19,20). The molecule has 0 saturated carbocycles. The molecule has 0 bridgehead atoms. The lowest BCUT2D eigenvalue weighted by molar-refractivity contribution is 0.102. The van der Waals surface area contributed by atoms with Crippen LogP contribution in [-0.2, 0) is 0 Å². The topological polar surface area (TPSA) is 70.2 Å². The summed E-state index contributed by atoms with van der Waals surface area (Å²) in [6.45, 7) is 5.02. The molecule has 0 aliphatic heterocycles. The maximum atomic E-state index is 12.3. The van der Waals surface area contributed by atoms with Crippen molar-refractivity contribution in [2.75, 3.05) is 36.2 Å². The van der Waals surface area contributed by atoms with Gasteiger partial charge in [0.25, 0.3) is 5.91 Å². The predicted octanol–water partition coefficient (Wildman–Crippen LogP) is 2.86. The van der Waals surface area contributed by atoms with Crippen molar-refractivity contribution in [2.24, 2.45) is 5.92 Å². The highest BCUT2D eigenvalue weighted by atomic mass is 16.1. The van der Waals surface area contributed by atoms with E-state index in [9.17, 15) is 4.79 Å². The van der Waals surface area contributed by atoms with Crippen molar-refractivity contribution in [1.82, 2.24) is 9.97 Å². The Morgan fingerprint density at radius 2 is 1.87 bits per heavy atom. The molecule has 2 rings (SSSR count). The van der Waals surface area contributed by atoms with E-state index in [2.05, 4.69) is 34.4 Å². The van der Waals surface area contributed by atoms with Crippen LogP contribution in [0.25, 0.3) is 0 Å². The minimum absolute atomic E-state index is 0.252. The summed E-state index contributed by atoms with van der Waals surface area (Å²) < 4.78 is 0. The van der Waals surface area contributed by atoms with E-state index in [4.69, 9.17) is 0 Å². The van der Waals surface area contributed by atoms with E-state index < -0.39 is 0 Å². The number of nitrogens with one attached hydrogen (secondary N) is 2. The fourth-order valence-electron chi connectivity index (χ4n) is 1.92. The molecule has 2 N–H and O–H groups in total. The number of benzene rings is 1. The number of aromatic nitrogens is 2. The quantitative estimate of drug-likeness (QED) is 0.858. The number of anilines is 3. The number of nitrogens with zero attached hydrogens (tertiary/aromatic N) is 3. The van der Waals surface area contributed by atoms with Crippen LogP contribution in [0, 0.1) is 5.92 Å². The lowest BCUT2D eigenvalue weighted by atomic mass is 10.2. The van der Waals surface area contributed by atoms with Crippen molar-refractivity contribution < 1.29 is 4.79 Å². The third-order valence-corrected chi connectivity index (χ3v) is 3.23. The second-order valence-electron chi connectivity index (χ2n) is 5.96. The minimum Gasteiger partial charge on any atom is -0.378 e. The fraction of sp³-hybridized carbons (Fsp3) is 0.353. The molecule has 0 radical (unpaired) electrons. The molecule has 2 aromatic rings. The highest BCUT2D eigenvalue weighted by Gasteiger charge is 2.09. The average Bonchev–Trinajstić information content (AvgIpc) is 2.53. The summed E-state index contributed by atoms with van der Waals surface area (Å²) in [5, 5.41) is 6.03. The number of rotatable bonds is 6. The van der Waals surface area contributed by atoms with Crippen molar-refractivity contribution in [3.05, 3.63) is 42.4 Å². The first kappa shape index (κ1) is 16.7. The molecule has 1 aromatic carbocycles. The molecule has 6 nitrogen and oxygen atoms in total. The van der Waals surface area contributed by atoms with Gasteiger partial charge >= 0.3 is 0 Å². The second-order valence-corrected chi connectivity index (χ2v) is 5.96. The Bertz CT molecular complexity index is 652. The molecule has 122 valence electrons. The molecule has 0 aliphatic carbocycles. The third kappa shape index (κ3) is 4.95. The van der Waals surface area contributed by atoms with Gasteiger partial charge in [0.1, 0.15) is 17.8 Å². The first-order valence-corrected chi connectivity index (χ1v) is 7.60. The zero-order valence-electron chi connectivity index (χ0n) is 14.0. The largest absolute Gasteiger partial charge is 0.378 e. The first-order valence-electron chi connectivity index (χ1n) is 7.60. The van der Waals surface area contributed by atoms with E-state index in [-0.39, 0.29) is 5.91 Å². The zero-order chi connectivity index (χ0) is 16.8. The summed E-state index contributed by atoms with van der Waals surface area (Å²) in [4.78, 5) is 22.4. The van der Waals surface area contributed by atoms with E-state index in [0.29, 0.717) is 17.4 Å². The molecule has 0 saturated heterocycles. The van der Waals surface area contributed by atoms with Gasteiger partial charge in [-0.25, -0.2) is 9.97 Å². The molecule has 23 heavy (non-hydrogen) atoms. The van der Waals surface area contributed by atoms with E-state index >= 15 is 0 Å². The van der Waals surface area contributed by atoms with Crippen molar-refractivity contribution in [1.29, 1.82) is 0 Å². The Kier molecular flexibility index (Phi) is 5.51. The average molecular weight is 313 g/mol. The van der Waals surface area contributed by atoms with Crippen LogP contribution in [0.15, 0.2) is 36.7 Å². The summed E-state index contributed by atoms with van der Waals surface area (Å²) in [5.74, 6) is 0.900. The van der Waals surface area contributed by atoms with Gasteiger partial charge in [0.2, 0.25) is 0 Å². The van der Waals surface area contributed by atoms with E-state index in [1.807, 2.05) is 43.3 Å². The predicted molar refractivity (Wildman–Crippen MR) is 94.1 cm³/mol. The van der Waals surface area contributed by atoms with Crippen molar-refractivity contribution in [2.45, 2.75) is 13.8 Å². The van der Waals surface area contributed by atoms with Crippen molar-refractivity contribution in [3.8, 4) is 0 Å². The third-order valence-electron chi connectivity index (χ3n) is 3.23. The van der Waals surface area contributed by atoms with Crippen LogP contribution in [0.3, 0.4) is 0 Å². The molecular formula is C17H23N5O. The highest BCUT2D eigenvalue weighted by Crippen LogP contribution is 2.16. The molecule has 0 unspecified atom stereocenters. The highest BCUT2D eigenvalue weighted by molar-refractivity contribution is 6.03. The van der Waals surface area contributed by atoms with Gasteiger partial charge in [-0.2, -0.15) is 0 Å². The van der Waals surface area contributed by atoms with Gasteiger partial charge in [-0.3, -0.25) is 4.79 Å². The number of amides is 1. The first-order chi connectivity index (χ1) is 11.0. The second kappa shape index (κ2) is 7.58. The van der Waals surface area contributed by atoms with E-state index in [1.165, 1.54) is 6.33 Å². The van der Waals surface area contributed by atoms with E-state index in [0.717, 1.165) is 17.9 Å². The van der Waals surface area contributed by atoms with Gasteiger partial charge < -0.3 is 15.5 Å². The molecule has 6 heteroatoms. The van der Waals surface area contributed by atoms with Gasteiger partial charge in [0.15, 0.2) is 0 Å². The van der Waals surface area contributed by atoms with Crippen LogP contribution in [0.5, 0.6) is 0 Å². The summed E-state index contributed by atoms with van der Waals surface area (Å²) in [7, 11) is 3.94. The molecule has 1 heterocycles. The summed E-state index contributed by atoms with van der Waals surface area (Å²) in [6.07, 6.45) is 1.40. The molecule has 1 aromatic heterocycles. The van der Waals surface area contributed by atoms with Gasteiger partial charge in [0.05, 0.1) is 0 Å². The lowest BCUT2D eigenvalue weighted by Crippen LogP contribution is -2.16. The molecular weight excluding hydrogens is 290 g/mol. The molecule has 1 amide bonds. The molecule has 0 spiro atoms. The van der Waals surface area contributed by atoms with Gasteiger partial charge in [0, 0.05) is 38.1 Å². The number of carbonyl (C=O) groups excluding carboxylic acids is 1. The fourth-order valence-corrected chi connectivity index (χ4v) is 1.92. The maximum absolute atomic E-state index is 12.3. The van der Waals surface area contributed by atoms with Crippen molar-refractivity contribution in [3.63, 3.8) is 0 Å². The van der Waals surface area contributed by atoms with E-state index in [1.54, 1.807) is 6.07 Å². The minimum atomic E-state index is -0.252. The van der Waals surface area contributed by atoms with Gasteiger partial charge in [-0.15, -0.1) is 0 Å².